The highest BCUT2D eigenvalue weighted by Gasteiger charge is 2.24. The lowest BCUT2D eigenvalue weighted by molar-refractivity contribution is -0.384. The van der Waals surface area contributed by atoms with Crippen LogP contribution in [-0.2, 0) is 6.42 Å². The number of nitro groups is 1. The van der Waals surface area contributed by atoms with Crippen molar-refractivity contribution in [3.8, 4) is 17.2 Å². The van der Waals surface area contributed by atoms with E-state index < -0.39 is 10.8 Å². The number of aromatic nitrogens is 1. The van der Waals surface area contributed by atoms with E-state index in [0.717, 1.165) is 37.9 Å². The highest BCUT2D eigenvalue weighted by atomic mass is 32.1. The minimum atomic E-state index is -0.579. The largest absolute Gasteiger partial charge is 0.507 e. The molecule has 1 saturated heterocycles. The molecule has 0 bridgehead atoms. The van der Waals surface area contributed by atoms with Crippen LogP contribution in [-0.4, -0.2) is 39.1 Å². The van der Waals surface area contributed by atoms with Gasteiger partial charge in [0, 0.05) is 30.4 Å². The summed E-state index contributed by atoms with van der Waals surface area (Å²) in [6, 6.07) is 13.5. The zero-order chi connectivity index (χ0) is 27.7. The lowest BCUT2D eigenvalue weighted by atomic mass is 10.1. The molecule has 0 unspecified atom stereocenters. The van der Waals surface area contributed by atoms with Crippen LogP contribution < -0.4 is 15.5 Å². The van der Waals surface area contributed by atoms with Gasteiger partial charge in [0.15, 0.2) is 10.7 Å². The third-order valence-corrected chi connectivity index (χ3v) is 6.96. The number of rotatable bonds is 6. The molecule has 0 radical (unpaired) electrons. The number of anilines is 2. The molecule has 0 saturated carbocycles. The van der Waals surface area contributed by atoms with E-state index in [-0.39, 0.29) is 28.0 Å². The standard InChI is InChI=1S/C28H27N5O5S/c1-3-17-6-9-24-21(13-17)30-27(38-24)20-15-19(12-16(2)25(20)34)29-28(39)31-26(35)18-7-8-22(23(14-18)33(36)37)32-10-4-5-11-32/h6-9,12-15,34H,3-5,10-11H2,1-2H3,(H2,29,31,35,39). The predicted octanol–water partition coefficient (Wildman–Crippen LogP) is 5.71. The minimum absolute atomic E-state index is 0.00698. The summed E-state index contributed by atoms with van der Waals surface area (Å²) in [6.45, 7) is 5.28. The Morgan fingerprint density at radius 2 is 1.95 bits per heavy atom. The van der Waals surface area contributed by atoms with Crippen LogP contribution in [0.2, 0.25) is 0 Å². The van der Waals surface area contributed by atoms with Crippen molar-refractivity contribution in [3.05, 3.63) is 75.3 Å². The molecule has 2 heterocycles. The Balaban J connectivity index is 1.34. The number of nitro benzene ring substituents is 1. The maximum Gasteiger partial charge on any atom is 0.293 e. The summed E-state index contributed by atoms with van der Waals surface area (Å²) < 4.78 is 5.89. The van der Waals surface area contributed by atoms with Gasteiger partial charge in [-0.05, 0) is 85.9 Å². The van der Waals surface area contributed by atoms with Gasteiger partial charge in [0.2, 0.25) is 5.89 Å². The number of aryl methyl sites for hydroxylation is 2. The number of hydrogen-bond donors (Lipinski definition) is 3. The summed E-state index contributed by atoms with van der Waals surface area (Å²) in [5.41, 5.74) is 4.33. The molecule has 1 amide bonds. The van der Waals surface area contributed by atoms with Gasteiger partial charge >= 0.3 is 0 Å². The van der Waals surface area contributed by atoms with Crippen molar-refractivity contribution in [3.63, 3.8) is 0 Å². The van der Waals surface area contributed by atoms with E-state index in [9.17, 15) is 20.0 Å². The molecule has 0 aliphatic carbocycles. The molecule has 5 rings (SSSR count). The van der Waals surface area contributed by atoms with Crippen molar-refractivity contribution in [2.75, 3.05) is 23.3 Å². The van der Waals surface area contributed by atoms with Gasteiger partial charge in [-0.1, -0.05) is 13.0 Å². The highest BCUT2D eigenvalue weighted by Crippen LogP contribution is 2.36. The molecule has 11 heteroatoms. The van der Waals surface area contributed by atoms with Crippen LogP contribution in [0.25, 0.3) is 22.6 Å². The van der Waals surface area contributed by atoms with E-state index in [1.807, 2.05) is 23.1 Å². The number of aromatic hydroxyl groups is 1. The summed E-state index contributed by atoms with van der Waals surface area (Å²) >= 11 is 5.34. The first kappa shape index (κ1) is 26.1. The monoisotopic (exact) mass is 545 g/mol. The first-order valence-corrected chi connectivity index (χ1v) is 13.0. The third-order valence-electron chi connectivity index (χ3n) is 6.76. The number of amides is 1. The fraction of sp³-hybridized carbons (Fsp3) is 0.250. The SMILES string of the molecule is CCc1ccc2oc(-c3cc(NC(=S)NC(=O)c4ccc(N5CCCC5)c([N+](=O)[O-])c4)cc(C)c3O)nc2c1. The number of phenolic OH excluding ortho intramolecular Hbond substituents is 1. The Kier molecular flexibility index (Phi) is 7.16. The Morgan fingerprint density at radius 3 is 2.67 bits per heavy atom. The van der Waals surface area contributed by atoms with Gasteiger partial charge in [-0.2, -0.15) is 0 Å². The summed E-state index contributed by atoms with van der Waals surface area (Å²) in [5.74, 6) is -0.309. The Hall–Kier alpha value is -4.51. The van der Waals surface area contributed by atoms with Crippen molar-refractivity contribution in [1.82, 2.24) is 10.3 Å². The van der Waals surface area contributed by atoms with Gasteiger partial charge in [0.05, 0.1) is 10.5 Å². The lowest BCUT2D eigenvalue weighted by Gasteiger charge is -2.18. The third kappa shape index (κ3) is 5.39. The van der Waals surface area contributed by atoms with Gasteiger partial charge in [0.1, 0.15) is 17.0 Å². The number of oxazole rings is 1. The predicted molar refractivity (Wildman–Crippen MR) is 153 cm³/mol. The van der Waals surface area contributed by atoms with Crippen LogP contribution >= 0.6 is 12.2 Å². The number of phenols is 1. The van der Waals surface area contributed by atoms with Crippen molar-refractivity contribution in [2.24, 2.45) is 0 Å². The lowest BCUT2D eigenvalue weighted by Crippen LogP contribution is -2.34. The minimum Gasteiger partial charge on any atom is -0.507 e. The van der Waals surface area contributed by atoms with Crippen LogP contribution in [0.3, 0.4) is 0 Å². The van der Waals surface area contributed by atoms with Crippen LogP contribution in [0.4, 0.5) is 17.1 Å². The molecule has 10 nitrogen and oxygen atoms in total. The Bertz CT molecular complexity index is 1610. The molecule has 0 spiro atoms. The summed E-state index contributed by atoms with van der Waals surface area (Å²) in [4.78, 5) is 30.6. The summed E-state index contributed by atoms with van der Waals surface area (Å²) in [7, 11) is 0. The summed E-state index contributed by atoms with van der Waals surface area (Å²) in [6.07, 6.45) is 2.81. The van der Waals surface area contributed by atoms with E-state index in [0.29, 0.717) is 33.6 Å². The van der Waals surface area contributed by atoms with Crippen LogP contribution in [0, 0.1) is 17.0 Å². The van der Waals surface area contributed by atoms with E-state index in [2.05, 4.69) is 22.5 Å². The molecule has 1 aliphatic rings. The molecule has 3 N–H and O–H groups in total. The zero-order valence-corrected chi connectivity index (χ0v) is 22.3. The number of carbonyl (C=O) groups excluding carboxylic acids is 1. The maximum absolute atomic E-state index is 12.9. The topological polar surface area (TPSA) is 134 Å². The second kappa shape index (κ2) is 10.7. The molecule has 1 aliphatic heterocycles. The Morgan fingerprint density at radius 1 is 1.18 bits per heavy atom. The van der Waals surface area contributed by atoms with E-state index >= 15 is 0 Å². The summed E-state index contributed by atoms with van der Waals surface area (Å²) in [5, 5.41) is 27.9. The first-order chi connectivity index (χ1) is 18.7. The van der Waals surface area contributed by atoms with Gasteiger partial charge in [-0.15, -0.1) is 0 Å². The number of thiocarbonyl (C=S) groups is 1. The van der Waals surface area contributed by atoms with E-state index in [4.69, 9.17) is 16.6 Å². The average molecular weight is 546 g/mol. The molecule has 200 valence electrons. The number of nitrogens with one attached hydrogen (secondary N) is 2. The number of benzene rings is 3. The number of carbonyl (C=O) groups is 1. The number of fused-ring (bicyclic) bond motifs is 1. The maximum atomic E-state index is 12.9. The first-order valence-electron chi connectivity index (χ1n) is 12.6. The molecule has 3 aromatic carbocycles. The quantitative estimate of drug-likeness (QED) is 0.121. The second-order valence-corrected chi connectivity index (χ2v) is 9.84. The molecular weight excluding hydrogens is 518 g/mol. The van der Waals surface area contributed by atoms with Crippen molar-refractivity contribution in [1.29, 1.82) is 0 Å². The molecule has 0 atom stereocenters. The van der Waals surface area contributed by atoms with E-state index in [1.165, 1.54) is 6.07 Å². The molecule has 4 aromatic rings. The van der Waals surface area contributed by atoms with Gasteiger partial charge in [-0.25, -0.2) is 4.98 Å². The molecule has 1 fully saturated rings. The van der Waals surface area contributed by atoms with Crippen LogP contribution in [0.5, 0.6) is 5.75 Å². The van der Waals surface area contributed by atoms with Crippen LogP contribution in [0.15, 0.2) is 52.9 Å². The molecule has 39 heavy (non-hydrogen) atoms. The van der Waals surface area contributed by atoms with Gasteiger partial charge in [-0.3, -0.25) is 20.2 Å². The van der Waals surface area contributed by atoms with Gasteiger partial charge < -0.3 is 19.7 Å². The van der Waals surface area contributed by atoms with Crippen molar-refractivity contribution in [2.45, 2.75) is 33.1 Å². The number of nitrogens with zero attached hydrogens (tertiary/aromatic N) is 3. The van der Waals surface area contributed by atoms with Crippen molar-refractivity contribution < 1.29 is 19.2 Å². The van der Waals surface area contributed by atoms with E-state index in [1.54, 1.807) is 31.2 Å². The number of hydrogen-bond acceptors (Lipinski definition) is 8. The zero-order valence-electron chi connectivity index (χ0n) is 21.5. The smallest absolute Gasteiger partial charge is 0.293 e. The van der Waals surface area contributed by atoms with Gasteiger partial charge in [0.25, 0.3) is 11.6 Å². The fourth-order valence-electron chi connectivity index (χ4n) is 4.70. The fourth-order valence-corrected chi connectivity index (χ4v) is 4.91. The average Bonchev–Trinajstić information content (AvgIpc) is 3.60. The normalized spacial score (nSPS) is 13.0. The Labute approximate surface area is 229 Å². The molecular formula is C28H27N5O5S. The van der Waals surface area contributed by atoms with Crippen molar-refractivity contribution >= 4 is 51.4 Å². The second-order valence-electron chi connectivity index (χ2n) is 9.43. The highest BCUT2D eigenvalue weighted by molar-refractivity contribution is 7.80. The van der Waals surface area contributed by atoms with Crippen LogP contribution in [0.1, 0.15) is 41.3 Å². The molecule has 1 aromatic heterocycles.